The van der Waals surface area contributed by atoms with Gasteiger partial charge in [-0.2, -0.15) is 0 Å². The van der Waals surface area contributed by atoms with Crippen molar-refractivity contribution in [3.05, 3.63) is 109 Å². The molecule has 7 aromatic rings. The summed E-state index contributed by atoms with van der Waals surface area (Å²) < 4.78 is 8.74. The minimum atomic E-state index is 0.684. The van der Waals surface area contributed by atoms with Crippen LogP contribution in [0.25, 0.3) is 65.2 Å². The van der Waals surface area contributed by atoms with Gasteiger partial charge in [-0.25, -0.2) is 9.97 Å². The molecular formula is C30H18N2OS. The van der Waals surface area contributed by atoms with Gasteiger partial charge in [0.15, 0.2) is 11.6 Å². The molecule has 0 atom stereocenters. The maximum absolute atomic E-state index is 6.16. The lowest BCUT2D eigenvalue weighted by Gasteiger charge is -2.08. The first-order valence-electron chi connectivity index (χ1n) is 11.2. The van der Waals surface area contributed by atoms with Crippen molar-refractivity contribution in [2.45, 2.75) is 0 Å². The molecule has 3 aromatic heterocycles. The number of para-hydroxylation sites is 1. The Kier molecular flexibility index (Phi) is 4.32. The second kappa shape index (κ2) is 7.65. The van der Waals surface area contributed by atoms with Crippen LogP contribution in [0.4, 0.5) is 0 Å². The Morgan fingerprint density at radius 3 is 2.24 bits per heavy atom. The third-order valence-electron chi connectivity index (χ3n) is 6.11. The van der Waals surface area contributed by atoms with Crippen molar-refractivity contribution in [3.63, 3.8) is 0 Å². The Labute approximate surface area is 200 Å². The van der Waals surface area contributed by atoms with E-state index in [0.717, 1.165) is 39.2 Å². The molecule has 0 aliphatic heterocycles. The van der Waals surface area contributed by atoms with E-state index in [-0.39, 0.29) is 0 Å². The SMILES string of the molecule is c1ccc(-c2nc(-c3ccc4sc5ccccc5c4c3)cc(-c3cc4ccccc4o3)n2)cc1. The molecule has 0 aliphatic carbocycles. The smallest absolute Gasteiger partial charge is 0.160 e. The Morgan fingerprint density at radius 2 is 1.32 bits per heavy atom. The molecule has 4 aromatic carbocycles. The van der Waals surface area contributed by atoms with Crippen molar-refractivity contribution in [2.24, 2.45) is 0 Å². The summed E-state index contributed by atoms with van der Waals surface area (Å²) in [7, 11) is 0. The molecule has 0 amide bonds. The summed E-state index contributed by atoms with van der Waals surface area (Å²) in [6.45, 7) is 0. The lowest BCUT2D eigenvalue weighted by Crippen LogP contribution is -1.95. The van der Waals surface area contributed by atoms with Gasteiger partial charge in [-0.15, -0.1) is 11.3 Å². The van der Waals surface area contributed by atoms with Crippen molar-refractivity contribution in [1.82, 2.24) is 9.97 Å². The Bertz CT molecular complexity index is 1780. The minimum absolute atomic E-state index is 0.684. The number of furan rings is 1. The predicted molar refractivity (Wildman–Crippen MR) is 141 cm³/mol. The van der Waals surface area contributed by atoms with Crippen LogP contribution in [-0.2, 0) is 0 Å². The first-order chi connectivity index (χ1) is 16.8. The highest BCUT2D eigenvalue weighted by Gasteiger charge is 2.15. The zero-order valence-corrected chi connectivity index (χ0v) is 18.9. The molecule has 0 saturated heterocycles. The zero-order valence-electron chi connectivity index (χ0n) is 18.1. The molecule has 160 valence electrons. The van der Waals surface area contributed by atoms with Gasteiger partial charge in [0.05, 0.1) is 5.69 Å². The van der Waals surface area contributed by atoms with E-state index in [2.05, 4.69) is 48.5 Å². The molecule has 0 N–H and O–H groups in total. The Balaban J connectivity index is 1.45. The molecule has 0 fully saturated rings. The molecule has 0 saturated carbocycles. The summed E-state index contributed by atoms with van der Waals surface area (Å²) in [5.41, 5.74) is 4.54. The number of fused-ring (bicyclic) bond motifs is 4. The fourth-order valence-corrected chi connectivity index (χ4v) is 5.52. The first kappa shape index (κ1) is 19.2. The van der Waals surface area contributed by atoms with Gasteiger partial charge in [0.25, 0.3) is 0 Å². The molecular weight excluding hydrogens is 436 g/mol. The van der Waals surface area contributed by atoms with Crippen LogP contribution in [0.15, 0.2) is 114 Å². The van der Waals surface area contributed by atoms with Crippen LogP contribution >= 0.6 is 11.3 Å². The number of hydrogen-bond donors (Lipinski definition) is 0. The number of nitrogens with zero attached hydrogens (tertiary/aromatic N) is 2. The van der Waals surface area contributed by atoms with E-state index in [4.69, 9.17) is 14.4 Å². The van der Waals surface area contributed by atoms with E-state index in [9.17, 15) is 0 Å². The van der Waals surface area contributed by atoms with Crippen LogP contribution in [-0.4, -0.2) is 9.97 Å². The van der Waals surface area contributed by atoms with E-state index in [0.29, 0.717) is 5.82 Å². The average Bonchev–Trinajstić information content (AvgIpc) is 3.50. The number of benzene rings is 4. The van der Waals surface area contributed by atoms with Crippen LogP contribution in [0, 0.1) is 0 Å². The quantitative estimate of drug-likeness (QED) is 0.268. The third-order valence-corrected chi connectivity index (χ3v) is 7.26. The van der Waals surface area contributed by atoms with Crippen molar-refractivity contribution in [2.75, 3.05) is 0 Å². The zero-order chi connectivity index (χ0) is 22.5. The van der Waals surface area contributed by atoms with Gasteiger partial charge in [0.2, 0.25) is 0 Å². The van der Waals surface area contributed by atoms with E-state index in [1.165, 1.54) is 20.2 Å². The highest BCUT2D eigenvalue weighted by atomic mass is 32.1. The third kappa shape index (κ3) is 3.19. The van der Waals surface area contributed by atoms with Gasteiger partial charge in [0, 0.05) is 36.7 Å². The summed E-state index contributed by atoms with van der Waals surface area (Å²) in [6, 6.07) is 37.4. The number of rotatable bonds is 3. The number of hydrogen-bond acceptors (Lipinski definition) is 4. The average molecular weight is 455 g/mol. The Hall–Kier alpha value is -4.28. The van der Waals surface area contributed by atoms with E-state index >= 15 is 0 Å². The molecule has 4 heteroatoms. The fourth-order valence-electron chi connectivity index (χ4n) is 4.43. The van der Waals surface area contributed by atoms with Gasteiger partial charge in [-0.05, 0) is 36.4 Å². The lowest BCUT2D eigenvalue weighted by molar-refractivity contribution is 0.628. The molecule has 0 radical (unpaired) electrons. The number of aromatic nitrogens is 2. The van der Waals surface area contributed by atoms with Crippen LogP contribution in [0.5, 0.6) is 0 Å². The van der Waals surface area contributed by atoms with Crippen molar-refractivity contribution < 1.29 is 4.42 Å². The second-order valence-corrected chi connectivity index (χ2v) is 9.37. The molecule has 0 unspecified atom stereocenters. The van der Waals surface area contributed by atoms with Gasteiger partial charge in [-0.3, -0.25) is 0 Å². The summed E-state index contributed by atoms with van der Waals surface area (Å²) in [5.74, 6) is 1.42. The summed E-state index contributed by atoms with van der Waals surface area (Å²) in [4.78, 5) is 9.87. The van der Waals surface area contributed by atoms with Crippen LogP contribution < -0.4 is 0 Å². The molecule has 7 rings (SSSR count). The topological polar surface area (TPSA) is 38.9 Å². The maximum atomic E-state index is 6.16. The standard InChI is InChI=1S/C30H18N2OS/c1-2-8-19(9-3-1)30-31-24(18-25(32-30)27-17-21-10-4-6-12-26(21)33-27)20-14-15-29-23(16-20)22-11-5-7-13-28(22)34-29/h1-18H. The van der Waals surface area contributed by atoms with Crippen molar-refractivity contribution in [1.29, 1.82) is 0 Å². The van der Waals surface area contributed by atoms with Crippen LogP contribution in [0.1, 0.15) is 0 Å². The van der Waals surface area contributed by atoms with Crippen molar-refractivity contribution in [3.8, 4) is 34.1 Å². The van der Waals surface area contributed by atoms with E-state index < -0.39 is 0 Å². The summed E-state index contributed by atoms with van der Waals surface area (Å²) in [6.07, 6.45) is 0. The molecule has 3 heterocycles. The highest BCUT2D eigenvalue weighted by molar-refractivity contribution is 7.25. The molecule has 3 nitrogen and oxygen atoms in total. The van der Waals surface area contributed by atoms with Gasteiger partial charge in [0.1, 0.15) is 11.3 Å². The second-order valence-electron chi connectivity index (χ2n) is 8.29. The molecule has 34 heavy (non-hydrogen) atoms. The van der Waals surface area contributed by atoms with Gasteiger partial charge >= 0.3 is 0 Å². The monoisotopic (exact) mass is 454 g/mol. The molecule has 0 spiro atoms. The normalized spacial score (nSPS) is 11.5. The highest BCUT2D eigenvalue weighted by Crippen LogP contribution is 2.37. The predicted octanol–water partition coefficient (Wildman–Crippen LogP) is 8.59. The summed E-state index contributed by atoms with van der Waals surface area (Å²) >= 11 is 1.82. The van der Waals surface area contributed by atoms with Crippen molar-refractivity contribution >= 4 is 42.5 Å². The van der Waals surface area contributed by atoms with Crippen LogP contribution in [0.2, 0.25) is 0 Å². The number of thiophene rings is 1. The maximum Gasteiger partial charge on any atom is 0.160 e. The Morgan fingerprint density at radius 1 is 0.559 bits per heavy atom. The summed E-state index contributed by atoms with van der Waals surface area (Å²) in [5, 5.41) is 3.59. The van der Waals surface area contributed by atoms with Gasteiger partial charge in [-0.1, -0.05) is 72.8 Å². The lowest BCUT2D eigenvalue weighted by atomic mass is 10.1. The largest absolute Gasteiger partial charge is 0.454 e. The first-order valence-corrected chi connectivity index (χ1v) is 12.0. The van der Waals surface area contributed by atoms with Crippen LogP contribution in [0.3, 0.4) is 0 Å². The van der Waals surface area contributed by atoms with Gasteiger partial charge < -0.3 is 4.42 Å². The molecule has 0 aliphatic rings. The minimum Gasteiger partial charge on any atom is -0.454 e. The van der Waals surface area contributed by atoms with E-state index in [1.807, 2.05) is 72.0 Å². The van der Waals surface area contributed by atoms with E-state index in [1.54, 1.807) is 0 Å². The molecule has 0 bridgehead atoms. The fraction of sp³-hybridized carbons (Fsp3) is 0.